The molecule has 0 aliphatic carbocycles. The number of nitrogens with one attached hydrogen (secondary N) is 1. The van der Waals surface area contributed by atoms with Gasteiger partial charge in [-0.1, -0.05) is 24.3 Å². The number of rotatable bonds is 4. The SMILES string of the molecule is O=c1[nH]c(-c2cccc(OCC3OCCO3)c2)nc2ccccc12. The molecule has 2 aromatic carbocycles. The zero-order valence-electron chi connectivity index (χ0n) is 12.9. The summed E-state index contributed by atoms with van der Waals surface area (Å²) in [6, 6.07) is 14.7. The van der Waals surface area contributed by atoms with Crippen molar-refractivity contribution in [2.24, 2.45) is 0 Å². The van der Waals surface area contributed by atoms with Crippen LogP contribution < -0.4 is 10.3 Å². The Balaban J connectivity index is 1.62. The Morgan fingerprint density at radius 3 is 2.83 bits per heavy atom. The van der Waals surface area contributed by atoms with Crippen LogP contribution in [0.5, 0.6) is 5.75 Å². The number of hydrogen-bond donors (Lipinski definition) is 1. The highest BCUT2D eigenvalue weighted by atomic mass is 16.7. The second-order valence-electron chi connectivity index (χ2n) is 5.44. The molecule has 1 saturated heterocycles. The Morgan fingerprint density at radius 2 is 1.96 bits per heavy atom. The third-order valence-corrected chi connectivity index (χ3v) is 3.80. The second-order valence-corrected chi connectivity index (χ2v) is 5.44. The Morgan fingerprint density at radius 1 is 1.12 bits per heavy atom. The number of nitrogens with zero attached hydrogens (tertiary/aromatic N) is 1. The van der Waals surface area contributed by atoms with Crippen LogP contribution >= 0.6 is 0 Å². The van der Waals surface area contributed by atoms with E-state index >= 15 is 0 Å². The molecule has 1 aromatic heterocycles. The summed E-state index contributed by atoms with van der Waals surface area (Å²) < 4.78 is 16.4. The van der Waals surface area contributed by atoms with Gasteiger partial charge in [0.05, 0.1) is 24.1 Å². The Kier molecular flexibility index (Phi) is 3.98. The van der Waals surface area contributed by atoms with Crippen LogP contribution in [0.4, 0.5) is 0 Å². The summed E-state index contributed by atoms with van der Waals surface area (Å²) in [5.41, 5.74) is 1.29. The number of aromatic nitrogens is 2. The number of fused-ring (bicyclic) bond motifs is 1. The lowest BCUT2D eigenvalue weighted by Crippen LogP contribution is -2.18. The zero-order chi connectivity index (χ0) is 16.4. The van der Waals surface area contributed by atoms with Crippen LogP contribution in [0.2, 0.25) is 0 Å². The van der Waals surface area contributed by atoms with Gasteiger partial charge >= 0.3 is 0 Å². The van der Waals surface area contributed by atoms with Crippen LogP contribution in [-0.2, 0) is 9.47 Å². The first-order valence-corrected chi connectivity index (χ1v) is 7.75. The number of hydrogen-bond acceptors (Lipinski definition) is 5. The lowest BCUT2D eigenvalue weighted by molar-refractivity contribution is -0.0684. The van der Waals surface area contributed by atoms with E-state index in [0.29, 0.717) is 42.3 Å². The highest BCUT2D eigenvalue weighted by Gasteiger charge is 2.16. The summed E-state index contributed by atoms with van der Waals surface area (Å²) in [5.74, 6) is 1.18. The van der Waals surface area contributed by atoms with Crippen LogP contribution in [-0.4, -0.2) is 36.1 Å². The van der Waals surface area contributed by atoms with Gasteiger partial charge in [-0.05, 0) is 24.3 Å². The molecule has 0 unspecified atom stereocenters. The summed E-state index contributed by atoms with van der Waals surface area (Å²) in [7, 11) is 0. The van der Waals surface area contributed by atoms with E-state index in [9.17, 15) is 4.79 Å². The highest BCUT2D eigenvalue weighted by Crippen LogP contribution is 2.22. The minimum atomic E-state index is -0.327. The summed E-state index contributed by atoms with van der Waals surface area (Å²) in [6.07, 6.45) is -0.327. The van der Waals surface area contributed by atoms with Gasteiger partial charge in [0, 0.05) is 5.56 Å². The molecule has 1 fully saturated rings. The number of H-pyrrole nitrogens is 1. The standard InChI is InChI=1S/C18H16N2O4/c21-18-14-6-1-2-7-15(14)19-17(20-18)12-4-3-5-13(10-12)24-11-16-22-8-9-23-16/h1-7,10,16H,8-9,11H2,(H,19,20,21). The molecule has 0 saturated carbocycles. The maximum absolute atomic E-state index is 12.2. The lowest BCUT2D eigenvalue weighted by Gasteiger charge is -2.11. The first-order chi connectivity index (χ1) is 11.8. The smallest absolute Gasteiger partial charge is 0.259 e. The van der Waals surface area contributed by atoms with Crippen molar-refractivity contribution in [2.45, 2.75) is 6.29 Å². The van der Waals surface area contributed by atoms with Crippen LogP contribution in [0.15, 0.2) is 53.3 Å². The minimum absolute atomic E-state index is 0.158. The van der Waals surface area contributed by atoms with Crippen molar-refractivity contribution in [3.8, 4) is 17.1 Å². The summed E-state index contributed by atoms with van der Waals surface area (Å²) >= 11 is 0. The van der Waals surface area contributed by atoms with Crippen molar-refractivity contribution >= 4 is 10.9 Å². The maximum Gasteiger partial charge on any atom is 0.259 e. The predicted octanol–water partition coefficient (Wildman–Crippen LogP) is 2.34. The van der Waals surface area contributed by atoms with Gasteiger partial charge in [-0.15, -0.1) is 0 Å². The molecule has 1 N–H and O–H groups in total. The zero-order valence-corrected chi connectivity index (χ0v) is 12.9. The molecule has 0 amide bonds. The molecule has 1 aliphatic heterocycles. The maximum atomic E-state index is 12.2. The van der Waals surface area contributed by atoms with Gasteiger partial charge in [-0.25, -0.2) is 4.98 Å². The predicted molar refractivity (Wildman–Crippen MR) is 89.0 cm³/mol. The van der Waals surface area contributed by atoms with E-state index in [0.717, 1.165) is 5.56 Å². The molecule has 122 valence electrons. The molecule has 0 spiro atoms. The Labute approximate surface area is 138 Å². The van der Waals surface area contributed by atoms with Gasteiger partial charge in [0.1, 0.15) is 18.2 Å². The van der Waals surface area contributed by atoms with Crippen LogP contribution in [0.3, 0.4) is 0 Å². The quantitative estimate of drug-likeness (QED) is 0.797. The van der Waals surface area contributed by atoms with Gasteiger partial charge in [-0.2, -0.15) is 0 Å². The van der Waals surface area contributed by atoms with E-state index in [2.05, 4.69) is 9.97 Å². The monoisotopic (exact) mass is 324 g/mol. The highest BCUT2D eigenvalue weighted by molar-refractivity contribution is 5.79. The number of para-hydroxylation sites is 1. The minimum Gasteiger partial charge on any atom is -0.488 e. The van der Waals surface area contributed by atoms with Crippen molar-refractivity contribution in [2.75, 3.05) is 19.8 Å². The molecule has 4 rings (SSSR count). The number of ether oxygens (including phenoxy) is 3. The topological polar surface area (TPSA) is 73.4 Å². The second kappa shape index (κ2) is 6.43. The number of aromatic amines is 1. The summed E-state index contributed by atoms with van der Waals surface area (Å²) in [4.78, 5) is 19.5. The Bertz CT molecular complexity index is 916. The third-order valence-electron chi connectivity index (χ3n) is 3.80. The Hall–Kier alpha value is -2.70. The fourth-order valence-electron chi connectivity index (χ4n) is 2.62. The van der Waals surface area contributed by atoms with Gasteiger partial charge < -0.3 is 19.2 Å². The number of benzene rings is 2. The van der Waals surface area contributed by atoms with E-state index in [4.69, 9.17) is 14.2 Å². The molecule has 0 radical (unpaired) electrons. The lowest BCUT2D eigenvalue weighted by atomic mass is 10.2. The van der Waals surface area contributed by atoms with Crippen LogP contribution in [0.25, 0.3) is 22.3 Å². The van der Waals surface area contributed by atoms with Crippen LogP contribution in [0.1, 0.15) is 0 Å². The molecule has 2 heterocycles. The van der Waals surface area contributed by atoms with Crippen molar-refractivity contribution < 1.29 is 14.2 Å². The molecule has 6 heteroatoms. The van der Waals surface area contributed by atoms with E-state index in [1.165, 1.54) is 0 Å². The van der Waals surface area contributed by atoms with Crippen molar-refractivity contribution in [1.29, 1.82) is 0 Å². The molecule has 0 atom stereocenters. The van der Waals surface area contributed by atoms with Crippen molar-refractivity contribution in [3.05, 3.63) is 58.9 Å². The largest absolute Gasteiger partial charge is 0.488 e. The molecule has 6 nitrogen and oxygen atoms in total. The van der Waals surface area contributed by atoms with E-state index in [1.807, 2.05) is 42.5 Å². The van der Waals surface area contributed by atoms with E-state index < -0.39 is 0 Å². The molecule has 3 aromatic rings. The third kappa shape index (κ3) is 3.02. The van der Waals surface area contributed by atoms with Crippen molar-refractivity contribution in [1.82, 2.24) is 9.97 Å². The van der Waals surface area contributed by atoms with E-state index in [1.54, 1.807) is 6.07 Å². The van der Waals surface area contributed by atoms with E-state index in [-0.39, 0.29) is 11.8 Å². The molecule has 0 bridgehead atoms. The van der Waals surface area contributed by atoms with Crippen molar-refractivity contribution in [3.63, 3.8) is 0 Å². The molecular weight excluding hydrogens is 308 g/mol. The van der Waals surface area contributed by atoms with Gasteiger partial charge in [0.15, 0.2) is 6.29 Å². The van der Waals surface area contributed by atoms with Crippen LogP contribution in [0, 0.1) is 0 Å². The normalized spacial score (nSPS) is 15.0. The van der Waals surface area contributed by atoms with Gasteiger partial charge in [0.2, 0.25) is 0 Å². The molecular formula is C18H16N2O4. The average molecular weight is 324 g/mol. The first kappa shape index (κ1) is 14.9. The fraction of sp³-hybridized carbons (Fsp3) is 0.222. The molecule has 1 aliphatic rings. The summed E-state index contributed by atoms with van der Waals surface area (Å²) in [5, 5.41) is 0.573. The van der Waals surface area contributed by atoms with Gasteiger partial charge in [0.25, 0.3) is 5.56 Å². The first-order valence-electron chi connectivity index (χ1n) is 7.75. The summed E-state index contributed by atoms with van der Waals surface area (Å²) in [6.45, 7) is 1.51. The van der Waals surface area contributed by atoms with Gasteiger partial charge in [-0.3, -0.25) is 4.79 Å². The fourth-order valence-corrected chi connectivity index (χ4v) is 2.62. The average Bonchev–Trinajstić information content (AvgIpc) is 3.14. The molecule has 24 heavy (non-hydrogen) atoms.